The van der Waals surface area contributed by atoms with Crippen molar-refractivity contribution in [1.29, 1.82) is 0 Å². The quantitative estimate of drug-likeness (QED) is 0.864. The zero-order valence-electron chi connectivity index (χ0n) is 13.8. The first-order valence-corrected chi connectivity index (χ1v) is 8.66. The van der Waals surface area contributed by atoms with Crippen LogP contribution >= 0.6 is 0 Å². The van der Waals surface area contributed by atoms with Gasteiger partial charge in [-0.05, 0) is 69.2 Å². The van der Waals surface area contributed by atoms with Gasteiger partial charge in [-0.25, -0.2) is 0 Å². The molecule has 1 aromatic rings. The van der Waals surface area contributed by atoms with Crippen molar-refractivity contribution in [3.05, 3.63) is 23.8 Å². The van der Waals surface area contributed by atoms with Gasteiger partial charge >= 0.3 is 0 Å². The van der Waals surface area contributed by atoms with Crippen LogP contribution in [0.5, 0.6) is 5.75 Å². The minimum absolute atomic E-state index is 0.161. The Morgan fingerprint density at radius 3 is 2.50 bits per heavy atom. The van der Waals surface area contributed by atoms with E-state index >= 15 is 0 Å². The van der Waals surface area contributed by atoms with Gasteiger partial charge in [-0.15, -0.1) is 0 Å². The van der Waals surface area contributed by atoms with E-state index in [0.717, 1.165) is 55.5 Å². The van der Waals surface area contributed by atoms with Crippen LogP contribution in [0.25, 0.3) is 0 Å². The summed E-state index contributed by atoms with van der Waals surface area (Å²) in [6, 6.07) is 5.99. The number of carbonyl (C=O) groups excluding carboxylic acids is 1. The van der Waals surface area contributed by atoms with Crippen LogP contribution in [0.3, 0.4) is 0 Å². The van der Waals surface area contributed by atoms with Gasteiger partial charge in [0.2, 0.25) is 5.91 Å². The molecule has 1 aromatic carbocycles. The molecule has 0 aromatic heterocycles. The van der Waals surface area contributed by atoms with Gasteiger partial charge in [0.15, 0.2) is 0 Å². The molecule has 2 aliphatic carbocycles. The maximum Gasteiger partial charge on any atom is 0.230 e. The minimum atomic E-state index is -0.188. The lowest BCUT2D eigenvalue weighted by Crippen LogP contribution is -2.30. The molecule has 0 bridgehead atoms. The molecular formula is C19H27NO2. The van der Waals surface area contributed by atoms with Gasteiger partial charge in [-0.3, -0.25) is 4.79 Å². The summed E-state index contributed by atoms with van der Waals surface area (Å²) >= 11 is 0. The van der Waals surface area contributed by atoms with Crippen molar-refractivity contribution >= 4 is 11.6 Å². The molecule has 22 heavy (non-hydrogen) atoms. The van der Waals surface area contributed by atoms with Gasteiger partial charge in [0, 0.05) is 11.1 Å². The molecule has 0 atom stereocenters. The van der Waals surface area contributed by atoms with Crippen molar-refractivity contribution in [3.63, 3.8) is 0 Å². The van der Waals surface area contributed by atoms with E-state index in [-0.39, 0.29) is 11.3 Å². The van der Waals surface area contributed by atoms with Gasteiger partial charge < -0.3 is 10.1 Å². The van der Waals surface area contributed by atoms with Crippen molar-refractivity contribution in [3.8, 4) is 5.75 Å². The minimum Gasteiger partial charge on any atom is -0.490 e. The van der Waals surface area contributed by atoms with Crippen LogP contribution < -0.4 is 10.1 Å². The van der Waals surface area contributed by atoms with Crippen molar-refractivity contribution < 1.29 is 9.53 Å². The highest BCUT2D eigenvalue weighted by atomic mass is 16.5. The van der Waals surface area contributed by atoms with Crippen LogP contribution in [-0.4, -0.2) is 12.0 Å². The fourth-order valence-corrected chi connectivity index (χ4v) is 3.71. The van der Waals surface area contributed by atoms with E-state index in [2.05, 4.69) is 19.2 Å². The normalized spacial score (nSPS) is 21.0. The van der Waals surface area contributed by atoms with Gasteiger partial charge in [0.25, 0.3) is 0 Å². The largest absolute Gasteiger partial charge is 0.490 e. The fraction of sp³-hybridized carbons (Fsp3) is 0.632. The molecule has 3 rings (SSSR count). The predicted molar refractivity (Wildman–Crippen MR) is 89.3 cm³/mol. The smallest absolute Gasteiger partial charge is 0.230 e. The number of benzene rings is 1. The zero-order valence-corrected chi connectivity index (χ0v) is 13.8. The van der Waals surface area contributed by atoms with Gasteiger partial charge in [-0.2, -0.15) is 0 Å². The van der Waals surface area contributed by atoms with E-state index in [1.54, 1.807) is 0 Å². The van der Waals surface area contributed by atoms with Gasteiger partial charge in [0.05, 0.1) is 6.10 Å². The van der Waals surface area contributed by atoms with Gasteiger partial charge in [0.1, 0.15) is 5.75 Å². The molecule has 3 nitrogen and oxygen atoms in total. The summed E-state index contributed by atoms with van der Waals surface area (Å²) in [5.41, 5.74) is 1.79. The SMILES string of the molecule is Cc1cc(NC(=O)C2(C)CCCC2)ccc1OC1CCCC1. The molecule has 1 N–H and O–H groups in total. The third-order valence-electron chi connectivity index (χ3n) is 5.28. The van der Waals surface area contributed by atoms with Crippen LogP contribution in [0.1, 0.15) is 63.9 Å². The second-order valence-electron chi connectivity index (χ2n) is 7.23. The summed E-state index contributed by atoms with van der Waals surface area (Å²) in [6.07, 6.45) is 9.58. The van der Waals surface area contributed by atoms with Crippen molar-refractivity contribution in [2.24, 2.45) is 5.41 Å². The number of aryl methyl sites for hydroxylation is 1. The van der Waals surface area contributed by atoms with Crippen molar-refractivity contribution in [2.75, 3.05) is 5.32 Å². The van der Waals surface area contributed by atoms with E-state index in [1.807, 2.05) is 18.2 Å². The lowest BCUT2D eigenvalue weighted by molar-refractivity contribution is -0.124. The Bertz CT molecular complexity index is 540. The Hall–Kier alpha value is -1.51. The summed E-state index contributed by atoms with van der Waals surface area (Å²) in [5, 5.41) is 3.09. The van der Waals surface area contributed by atoms with Crippen molar-refractivity contribution in [1.82, 2.24) is 0 Å². The molecule has 0 unspecified atom stereocenters. The van der Waals surface area contributed by atoms with Crippen molar-refractivity contribution in [2.45, 2.75) is 71.3 Å². The number of carbonyl (C=O) groups is 1. The maximum atomic E-state index is 12.5. The highest BCUT2D eigenvalue weighted by molar-refractivity contribution is 5.95. The Labute approximate surface area is 133 Å². The molecule has 0 aliphatic heterocycles. The predicted octanol–water partition coefficient (Wildman–Crippen LogP) is 4.84. The molecule has 2 saturated carbocycles. The molecule has 2 aliphatic rings. The molecule has 3 heteroatoms. The third-order valence-corrected chi connectivity index (χ3v) is 5.28. The standard InChI is InChI=1S/C19H27NO2/c1-14-13-15(20-18(21)19(2)11-5-6-12-19)9-10-17(14)22-16-7-3-4-8-16/h9-10,13,16H,3-8,11-12H2,1-2H3,(H,20,21). The van der Waals surface area contributed by atoms with Crippen LogP contribution in [0.2, 0.25) is 0 Å². The third kappa shape index (κ3) is 3.29. The van der Waals surface area contributed by atoms with E-state index in [1.165, 1.54) is 12.8 Å². The molecule has 0 saturated heterocycles. The van der Waals surface area contributed by atoms with Crippen LogP contribution in [-0.2, 0) is 4.79 Å². The number of hydrogen-bond acceptors (Lipinski definition) is 2. The second kappa shape index (κ2) is 6.31. The molecular weight excluding hydrogens is 274 g/mol. The van der Waals surface area contributed by atoms with Gasteiger partial charge in [-0.1, -0.05) is 19.8 Å². The van der Waals surface area contributed by atoms with E-state index in [0.29, 0.717) is 6.10 Å². The molecule has 2 fully saturated rings. The summed E-state index contributed by atoms with van der Waals surface area (Å²) in [5.74, 6) is 1.12. The van der Waals surface area contributed by atoms with Crippen LogP contribution in [0, 0.1) is 12.3 Å². The first kappa shape index (κ1) is 15.4. The highest BCUT2D eigenvalue weighted by Crippen LogP contribution is 2.38. The number of nitrogens with one attached hydrogen (secondary N) is 1. The Balaban J connectivity index is 1.65. The Kier molecular flexibility index (Phi) is 4.42. The average Bonchev–Trinajstić information content (AvgIpc) is 3.14. The average molecular weight is 301 g/mol. The monoisotopic (exact) mass is 301 g/mol. The summed E-state index contributed by atoms with van der Waals surface area (Å²) in [6.45, 7) is 4.14. The molecule has 1 amide bonds. The van der Waals surface area contributed by atoms with E-state index < -0.39 is 0 Å². The molecule has 120 valence electrons. The summed E-state index contributed by atoms with van der Waals surface area (Å²) in [7, 11) is 0. The highest BCUT2D eigenvalue weighted by Gasteiger charge is 2.36. The first-order chi connectivity index (χ1) is 10.6. The Morgan fingerprint density at radius 2 is 1.86 bits per heavy atom. The molecule has 0 spiro atoms. The van der Waals surface area contributed by atoms with Crippen LogP contribution in [0.4, 0.5) is 5.69 Å². The second-order valence-corrected chi connectivity index (χ2v) is 7.23. The number of amides is 1. The zero-order chi connectivity index (χ0) is 15.6. The fourth-order valence-electron chi connectivity index (χ4n) is 3.71. The summed E-state index contributed by atoms with van der Waals surface area (Å²) in [4.78, 5) is 12.5. The number of ether oxygens (including phenoxy) is 1. The van der Waals surface area contributed by atoms with E-state index in [4.69, 9.17) is 4.74 Å². The summed E-state index contributed by atoms with van der Waals surface area (Å²) < 4.78 is 6.07. The molecule has 0 radical (unpaired) electrons. The Morgan fingerprint density at radius 1 is 1.18 bits per heavy atom. The number of rotatable bonds is 4. The van der Waals surface area contributed by atoms with Crippen LogP contribution in [0.15, 0.2) is 18.2 Å². The number of hydrogen-bond donors (Lipinski definition) is 1. The first-order valence-electron chi connectivity index (χ1n) is 8.66. The molecule has 0 heterocycles. The lowest BCUT2D eigenvalue weighted by Gasteiger charge is -2.22. The topological polar surface area (TPSA) is 38.3 Å². The lowest BCUT2D eigenvalue weighted by atomic mass is 9.88. The number of anilines is 1. The maximum absolute atomic E-state index is 12.5. The van der Waals surface area contributed by atoms with E-state index in [9.17, 15) is 4.79 Å².